The normalized spacial score (nSPS) is 17.1. The second-order valence-corrected chi connectivity index (χ2v) is 9.64. The van der Waals surface area contributed by atoms with Crippen molar-refractivity contribution in [2.45, 2.75) is 39.8 Å². The molecule has 1 atom stereocenters. The zero-order chi connectivity index (χ0) is 26.1. The maximum Gasteiger partial charge on any atom is 0.300 e. The van der Waals surface area contributed by atoms with E-state index in [0.717, 1.165) is 22.4 Å². The van der Waals surface area contributed by atoms with E-state index in [1.54, 1.807) is 18.2 Å². The van der Waals surface area contributed by atoms with Gasteiger partial charge in [0.1, 0.15) is 11.5 Å². The summed E-state index contributed by atoms with van der Waals surface area (Å²) in [6, 6.07) is 19.6. The van der Waals surface area contributed by atoms with Crippen LogP contribution < -0.4 is 14.5 Å². The number of hydrogen-bond acceptors (Lipinski definition) is 5. The summed E-state index contributed by atoms with van der Waals surface area (Å²) in [6.07, 6.45) is 0.00735. The van der Waals surface area contributed by atoms with Crippen LogP contribution in [0.15, 0.2) is 72.3 Å². The zero-order valence-electron chi connectivity index (χ0n) is 21.6. The molecule has 4 rings (SSSR count). The Bertz CT molecular complexity index is 1340. The number of Topliss-reactive ketones (excluding diaryl/α,β-unsaturated/α-hetero) is 1. The Morgan fingerprint density at radius 3 is 2.25 bits per heavy atom. The summed E-state index contributed by atoms with van der Waals surface area (Å²) in [5, 5.41) is 11.4. The molecule has 3 aromatic rings. The SMILES string of the molecule is Cc1cccc(N2C(=O)C(=O)/C(=C(\O)c3ccc(OC(C)C)c(C)c3)C2c2ccc(N(C)C)cc2)c1. The van der Waals surface area contributed by atoms with Crippen LogP contribution in [-0.2, 0) is 9.59 Å². The Morgan fingerprint density at radius 1 is 0.972 bits per heavy atom. The predicted molar refractivity (Wildman–Crippen MR) is 144 cm³/mol. The van der Waals surface area contributed by atoms with Crippen LogP contribution in [0.1, 0.15) is 42.1 Å². The third-order valence-corrected chi connectivity index (χ3v) is 6.26. The number of aliphatic hydroxyl groups is 1. The Balaban J connectivity index is 1.89. The van der Waals surface area contributed by atoms with Gasteiger partial charge in [-0.05, 0) is 86.8 Å². The van der Waals surface area contributed by atoms with Crippen molar-refractivity contribution in [1.82, 2.24) is 0 Å². The number of aryl methyl sites for hydroxylation is 2. The van der Waals surface area contributed by atoms with Gasteiger partial charge in [0.05, 0.1) is 17.7 Å². The van der Waals surface area contributed by atoms with E-state index in [1.807, 2.05) is 95.2 Å². The molecule has 36 heavy (non-hydrogen) atoms. The zero-order valence-corrected chi connectivity index (χ0v) is 21.6. The van der Waals surface area contributed by atoms with Gasteiger partial charge in [-0.2, -0.15) is 0 Å². The molecule has 1 amide bonds. The highest BCUT2D eigenvalue weighted by atomic mass is 16.5. The number of carbonyl (C=O) groups excluding carboxylic acids is 2. The molecule has 6 nitrogen and oxygen atoms in total. The molecular weight excluding hydrogens is 452 g/mol. The fraction of sp³-hybridized carbons (Fsp3) is 0.267. The van der Waals surface area contributed by atoms with E-state index in [4.69, 9.17) is 4.74 Å². The molecule has 0 radical (unpaired) electrons. The lowest BCUT2D eigenvalue weighted by atomic mass is 9.94. The van der Waals surface area contributed by atoms with Crippen molar-refractivity contribution in [3.63, 3.8) is 0 Å². The lowest BCUT2D eigenvalue weighted by molar-refractivity contribution is -0.132. The van der Waals surface area contributed by atoms with Crippen LogP contribution in [-0.4, -0.2) is 37.0 Å². The number of benzene rings is 3. The average Bonchev–Trinajstić information content (AvgIpc) is 3.10. The van der Waals surface area contributed by atoms with Gasteiger partial charge >= 0.3 is 0 Å². The summed E-state index contributed by atoms with van der Waals surface area (Å²) in [7, 11) is 3.89. The van der Waals surface area contributed by atoms with Crippen LogP contribution in [0.5, 0.6) is 5.75 Å². The highest BCUT2D eigenvalue weighted by Gasteiger charge is 2.47. The summed E-state index contributed by atoms with van der Waals surface area (Å²) < 4.78 is 5.82. The number of nitrogens with zero attached hydrogens (tertiary/aromatic N) is 2. The summed E-state index contributed by atoms with van der Waals surface area (Å²) in [4.78, 5) is 30.2. The number of anilines is 2. The molecule has 1 aliphatic heterocycles. The molecule has 1 N–H and O–H groups in total. The first-order chi connectivity index (χ1) is 17.1. The van der Waals surface area contributed by atoms with Crippen molar-refractivity contribution in [3.8, 4) is 5.75 Å². The number of ether oxygens (including phenoxy) is 1. The van der Waals surface area contributed by atoms with Gasteiger partial charge in [0.15, 0.2) is 0 Å². The minimum Gasteiger partial charge on any atom is -0.507 e. The topological polar surface area (TPSA) is 70.1 Å². The third-order valence-electron chi connectivity index (χ3n) is 6.26. The van der Waals surface area contributed by atoms with Crippen LogP contribution in [0.3, 0.4) is 0 Å². The largest absolute Gasteiger partial charge is 0.507 e. The molecule has 0 bridgehead atoms. The maximum absolute atomic E-state index is 13.4. The first-order valence-corrected chi connectivity index (χ1v) is 12.0. The van der Waals surface area contributed by atoms with Crippen LogP contribution in [0.2, 0.25) is 0 Å². The van der Waals surface area contributed by atoms with E-state index >= 15 is 0 Å². The Hall–Kier alpha value is -4.06. The lowest BCUT2D eigenvalue weighted by Crippen LogP contribution is -2.29. The van der Waals surface area contributed by atoms with Gasteiger partial charge in [-0.15, -0.1) is 0 Å². The van der Waals surface area contributed by atoms with Crippen LogP contribution in [0.25, 0.3) is 5.76 Å². The molecule has 3 aromatic carbocycles. The van der Waals surface area contributed by atoms with E-state index < -0.39 is 17.7 Å². The van der Waals surface area contributed by atoms with E-state index in [1.165, 1.54) is 4.90 Å². The molecule has 186 valence electrons. The molecule has 1 unspecified atom stereocenters. The third kappa shape index (κ3) is 4.71. The summed E-state index contributed by atoms with van der Waals surface area (Å²) >= 11 is 0. The molecular formula is C30H32N2O4. The smallest absolute Gasteiger partial charge is 0.300 e. The highest BCUT2D eigenvalue weighted by Crippen LogP contribution is 2.43. The van der Waals surface area contributed by atoms with Crippen molar-refractivity contribution < 1.29 is 19.4 Å². The second kappa shape index (κ2) is 9.90. The van der Waals surface area contributed by atoms with Crippen molar-refractivity contribution in [2.24, 2.45) is 0 Å². The van der Waals surface area contributed by atoms with Gasteiger partial charge in [0.25, 0.3) is 11.7 Å². The van der Waals surface area contributed by atoms with Crippen molar-refractivity contribution >= 4 is 28.8 Å². The average molecular weight is 485 g/mol. The summed E-state index contributed by atoms with van der Waals surface area (Å²) in [5.74, 6) is -0.877. The van der Waals surface area contributed by atoms with Crippen LogP contribution in [0, 0.1) is 13.8 Å². The van der Waals surface area contributed by atoms with E-state index in [9.17, 15) is 14.7 Å². The minimum atomic E-state index is -0.769. The monoisotopic (exact) mass is 484 g/mol. The first kappa shape index (κ1) is 25.0. The Kier molecular flexibility index (Phi) is 6.88. The summed E-state index contributed by atoms with van der Waals surface area (Å²) in [6.45, 7) is 7.71. The van der Waals surface area contributed by atoms with Crippen molar-refractivity contribution in [3.05, 3.63) is 94.6 Å². The van der Waals surface area contributed by atoms with Crippen molar-refractivity contribution in [1.29, 1.82) is 0 Å². The number of ketones is 1. The second-order valence-electron chi connectivity index (χ2n) is 9.64. The van der Waals surface area contributed by atoms with E-state index in [-0.39, 0.29) is 17.4 Å². The molecule has 1 saturated heterocycles. The molecule has 1 fully saturated rings. The standard InChI is InChI=1S/C30H32N2O4/c1-18(2)36-25-15-12-22(17-20(25)4)28(33)26-27(21-10-13-23(14-11-21)31(5)6)32(30(35)29(26)34)24-9-7-8-19(3)16-24/h7-18,27,33H,1-6H3/b28-26-. The van der Waals surface area contributed by atoms with Gasteiger partial charge in [0.2, 0.25) is 0 Å². The number of rotatable bonds is 6. The molecule has 1 heterocycles. The van der Waals surface area contributed by atoms with E-state index in [2.05, 4.69) is 0 Å². The van der Waals surface area contributed by atoms with Crippen LogP contribution in [0.4, 0.5) is 11.4 Å². The van der Waals surface area contributed by atoms with Crippen molar-refractivity contribution in [2.75, 3.05) is 23.9 Å². The number of aliphatic hydroxyl groups excluding tert-OH is 1. The summed E-state index contributed by atoms with van der Waals surface area (Å²) in [5.41, 5.74) is 4.65. The van der Waals surface area contributed by atoms with Gasteiger partial charge in [-0.25, -0.2) is 0 Å². The fourth-order valence-electron chi connectivity index (χ4n) is 4.49. The lowest BCUT2D eigenvalue weighted by Gasteiger charge is -2.26. The van der Waals surface area contributed by atoms with Gasteiger partial charge < -0.3 is 14.7 Å². The van der Waals surface area contributed by atoms with Gasteiger partial charge in [-0.1, -0.05) is 24.3 Å². The Labute approximate surface area is 212 Å². The fourth-order valence-corrected chi connectivity index (χ4v) is 4.49. The number of hydrogen-bond donors (Lipinski definition) is 1. The maximum atomic E-state index is 13.4. The van der Waals surface area contributed by atoms with E-state index in [0.29, 0.717) is 17.0 Å². The quantitative estimate of drug-likeness (QED) is 0.273. The molecule has 0 aromatic heterocycles. The van der Waals surface area contributed by atoms with Crippen LogP contribution >= 0.6 is 0 Å². The van der Waals surface area contributed by atoms with Gasteiger partial charge in [0, 0.05) is 31.0 Å². The number of carbonyl (C=O) groups is 2. The van der Waals surface area contributed by atoms with Gasteiger partial charge in [-0.3, -0.25) is 14.5 Å². The predicted octanol–water partition coefficient (Wildman–Crippen LogP) is 5.78. The molecule has 6 heteroatoms. The number of amides is 1. The molecule has 1 aliphatic rings. The highest BCUT2D eigenvalue weighted by molar-refractivity contribution is 6.51. The minimum absolute atomic E-state index is 0.00735. The Morgan fingerprint density at radius 2 is 1.67 bits per heavy atom. The molecule has 0 saturated carbocycles. The molecule has 0 spiro atoms. The molecule has 0 aliphatic carbocycles. The first-order valence-electron chi connectivity index (χ1n) is 12.0.